The van der Waals surface area contributed by atoms with E-state index in [0.717, 1.165) is 27.9 Å². The summed E-state index contributed by atoms with van der Waals surface area (Å²) in [6.45, 7) is 3.77. The first kappa shape index (κ1) is 20.5. The van der Waals surface area contributed by atoms with Crippen LogP contribution < -0.4 is 0 Å². The predicted octanol–water partition coefficient (Wildman–Crippen LogP) is 7.19. The molecule has 0 fully saturated rings. The van der Waals surface area contributed by atoms with Gasteiger partial charge in [0.25, 0.3) is 0 Å². The van der Waals surface area contributed by atoms with Crippen molar-refractivity contribution < 1.29 is 5.11 Å². The quantitative estimate of drug-likeness (QED) is 0.265. The summed E-state index contributed by atoms with van der Waals surface area (Å²) < 4.78 is 0. The second kappa shape index (κ2) is 9.34. The van der Waals surface area contributed by atoms with E-state index in [2.05, 4.69) is 12.6 Å². The highest BCUT2D eigenvalue weighted by Gasteiger charge is 2.22. The van der Waals surface area contributed by atoms with E-state index in [0.29, 0.717) is 10.6 Å². The van der Waals surface area contributed by atoms with Crippen LogP contribution in [0.3, 0.4) is 0 Å². The molecule has 0 saturated carbocycles. The molecule has 0 amide bonds. The van der Waals surface area contributed by atoms with E-state index < -0.39 is 5.25 Å². The van der Waals surface area contributed by atoms with Gasteiger partial charge >= 0.3 is 0 Å². The number of hydrogen-bond donors (Lipinski definition) is 1. The van der Waals surface area contributed by atoms with Crippen LogP contribution in [0, 0.1) is 11.3 Å². The van der Waals surface area contributed by atoms with Crippen LogP contribution in [0.1, 0.15) is 16.4 Å². The Balaban J connectivity index is 1.90. The Kier molecular flexibility index (Phi) is 6.16. The van der Waals surface area contributed by atoms with Gasteiger partial charge in [0.15, 0.2) is 0 Å². The molecule has 3 aromatic carbocycles. The number of hydrogen-bond acceptors (Lipinski definition) is 4. The second-order valence-electron chi connectivity index (χ2n) is 6.98. The van der Waals surface area contributed by atoms with E-state index in [1.807, 2.05) is 97.1 Å². The van der Waals surface area contributed by atoms with Gasteiger partial charge in [-0.25, -0.2) is 4.98 Å². The molecule has 4 heteroatoms. The van der Waals surface area contributed by atoms with Crippen LogP contribution in [0.5, 0.6) is 0 Å². The maximum Gasteiger partial charge on any atom is 0.116 e. The number of benzene rings is 3. The van der Waals surface area contributed by atoms with Gasteiger partial charge in [-0.1, -0.05) is 109 Å². The Morgan fingerprint density at radius 1 is 0.871 bits per heavy atom. The molecule has 3 nitrogen and oxygen atoms in total. The van der Waals surface area contributed by atoms with Crippen LogP contribution in [0.25, 0.3) is 22.4 Å². The molecule has 31 heavy (non-hydrogen) atoms. The Hall–Kier alpha value is -3.81. The summed E-state index contributed by atoms with van der Waals surface area (Å²) >= 11 is 1.34. The highest BCUT2D eigenvalue weighted by Crippen LogP contribution is 2.42. The van der Waals surface area contributed by atoms with Crippen LogP contribution in [0.2, 0.25) is 0 Å². The predicted molar refractivity (Wildman–Crippen MR) is 127 cm³/mol. The molecule has 0 aliphatic rings. The first-order valence-electron chi connectivity index (χ1n) is 9.82. The first-order chi connectivity index (χ1) is 15.2. The van der Waals surface area contributed by atoms with Gasteiger partial charge in [0, 0.05) is 11.1 Å². The fourth-order valence-electron chi connectivity index (χ4n) is 3.39. The summed E-state index contributed by atoms with van der Waals surface area (Å²) in [5.41, 5.74) is 4.88. The molecular formula is C27H20N2OS. The summed E-state index contributed by atoms with van der Waals surface area (Å²) in [5, 5.41) is 20.5. The Morgan fingerprint density at radius 2 is 1.42 bits per heavy atom. The molecule has 0 aliphatic heterocycles. The van der Waals surface area contributed by atoms with E-state index in [4.69, 9.17) is 4.98 Å². The van der Waals surface area contributed by atoms with Gasteiger partial charge in [-0.3, -0.25) is 0 Å². The maximum absolute atomic E-state index is 10.3. The standard InChI is InChI=1S/C27H20N2OS/c1-19(30)26(22-15-9-4-10-16-22)31-27-24(18-28)23(20-11-5-2-6-12-20)17-25(29-27)21-13-7-3-8-14-21/h2-17,26,30H,1H2. The van der Waals surface area contributed by atoms with E-state index >= 15 is 0 Å². The molecule has 1 heterocycles. The summed E-state index contributed by atoms with van der Waals surface area (Å²) in [4.78, 5) is 4.84. The molecule has 4 rings (SSSR count). The van der Waals surface area contributed by atoms with Crippen molar-refractivity contribution in [2.75, 3.05) is 0 Å². The molecule has 0 bridgehead atoms. The lowest BCUT2D eigenvalue weighted by Gasteiger charge is -2.18. The van der Waals surface area contributed by atoms with Crippen molar-refractivity contribution in [1.82, 2.24) is 4.98 Å². The lowest BCUT2D eigenvalue weighted by molar-refractivity contribution is 0.398. The number of thioether (sulfide) groups is 1. The van der Waals surface area contributed by atoms with E-state index in [9.17, 15) is 10.4 Å². The van der Waals surface area contributed by atoms with Gasteiger partial charge in [0.1, 0.15) is 16.9 Å². The summed E-state index contributed by atoms with van der Waals surface area (Å²) in [5.74, 6) is 0.0215. The van der Waals surface area contributed by atoms with Crippen molar-refractivity contribution in [1.29, 1.82) is 5.26 Å². The highest BCUT2D eigenvalue weighted by atomic mass is 32.2. The number of aliphatic hydroxyl groups is 1. The normalized spacial score (nSPS) is 11.5. The first-order valence-corrected chi connectivity index (χ1v) is 10.7. The number of nitrogens with zero attached hydrogens (tertiary/aromatic N) is 2. The van der Waals surface area contributed by atoms with Gasteiger partial charge < -0.3 is 5.11 Å². The fraction of sp³-hybridized carbons (Fsp3) is 0.0370. The van der Waals surface area contributed by atoms with Gasteiger partial charge in [0.05, 0.1) is 16.5 Å². The topological polar surface area (TPSA) is 56.9 Å². The minimum atomic E-state index is -0.435. The van der Waals surface area contributed by atoms with Gasteiger partial charge in [-0.2, -0.15) is 5.26 Å². The molecule has 1 N–H and O–H groups in total. The molecule has 1 aromatic heterocycles. The van der Waals surface area contributed by atoms with Crippen molar-refractivity contribution in [2.45, 2.75) is 10.3 Å². The molecule has 150 valence electrons. The maximum atomic E-state index is 10.3. The van der Waals surface area contributed by atoms with Gasteiger partial charge in [-0.05, 0) is 17.2 Å². The zero-order valence-electron chi connectivity index (χ0n) is 16.8. The monoisotopic (exact) mass is 420 g/mol. The lowest BCUT2D eigenvalue weighted by atomic mass is 9.99. The van der Waals surface area contributed by atoms with Gasteiger partial charge in [-0.15, -0.1) is 0 Å². The third kappa shape index (κ3) is 4.53. The summed E-state index contributed by atoms with van der Waals surface area (Å²) in [6.07, 6.45) is 0. The molecule has 0 saturated heterocycles. The number of rotatable bonds is 6. The summed E-state index contributed by atoms with van der Waals surface area (Å²) in [6, 6.07) is 33.6. The molecule has 0 spiro atoms. The number of aliphatic hydroxyl groups excluding tert-OH is 1. The molecule has 1 atom stereocenters. The number of aromatic nitrogens is 1. The zero-order chi connectivity index (χ0) is 21.6. The minimum Gasteiger partial charge on any atom is -0.511 e. The third-order valence-corrected chi connectivity index (χ3v) is 6.19. The van der Waals surface area contributed by atoms with Gasteiger partial charge in [0.2, 0.25) is 0 Å². The van der Waals surface area contributed by atoms with Crippen molar-refractivity contribution in [3.8, 4) is 28.5 Å². The van der Waals surface area contributed by atoms with E-state index in [-0.39, 0.29) is 5.76 Å². The minimum absolute atomic E-state index is 0.0215. The molecule has 0 radical (unpaired) electrons. The molecule has 4 aromatic rings. The van der Waals surface area contributed by atoms with Crippen molar-refractivity contribution in [3.05, 3.63) is 121 Å². The van der Waals surface area contributed by atoms with Crippen molar-refractivity contribution in [2.24, 2.45) is 0 Å². The highest BCUT2D eigenvalue weighted by molar-refractivity contribution is 7.99. The largest absolute Gasteiger partial charge is 0.511 e. The number of nitriles is 1. The van der Waals surface area contributed by atoms with Crippen LogP contribution in [0.15, 0.2) is 114 Å². The fourth-order valence-corrected chi connectivity index (χ4v) is 4.46. The smallest absolute Gasteiger partial charge is 0.116 e. The zero-order valence-corrected chi connectivity index (χ0v) is 17.6. The Morgan fingerprint density at radius 3 is 1.97 bits per heavy atom. The van der Waals surface area contributed by atoms with E-state index in [1.54, 1.807) is 0 Å². The van der Waals surface area contributed by atoms with E-state index in [1.165, 1.54) is 11.8 Å². The van der Waals surface area contributed by atoms with Crippen molar-refractivity contribution in [3.63, 3.8) is 0 Å². The second-order valence-corrected chi connectivity index (χ2v) is 8.07. The van der Waals surface area contributed by atoms with Crippen LogP contribution in [-0.4, -0.2) is 10.1 Å². The molecular weight excluding hydrogens is 400 g/mol. The average Bonchev–Trinajstić information content (AvgIpc) is 2.83. The number of pyridine rings is 1. The average molecular weight is 421 g/mol. The van der Waals surface area contributed by atoms with Crippen molar-refractivity contribution >= 4 is 11.8 Å². The molecule has 1 unspecified atom stereocenters. The molecule has 0 aliphatic carbocycles. The summed E-state index contributed by atoms with van der Waals surface area (Å²) in [7, 11) is 0. The SMILES string of the molecule is C=C(O)C(Sc1nc(-c2ccccc2)cc(-c2ccccc2)c1C#N)c1ccccc1. The lowest BCUT2D eigenvalue weighted by Crippen LogP contribution is -2.01. The third-order valence-electron chi connectivity index (χ3n) is 4.89. The van der Waals surface area contributed by atoms with Crippen LogP contribution in [-0.2, 0) is 0 Å². The van der Waals surface area contributed by atoms with Crippen LogP contribution in [0.4, 0.5) is 0 Å². The Labute approximate surface area is 186 Å². The Bertz CT molecular complexity index is 1230. The van der Waals surface area contributed by atoms with Crippen LogP contribution >= 0.6 is 11.8 Å².